The lowest BCUT2D eigenvalue weighted by molar-refractivity contribution is 0.457. The first kappa shape index (κ1) is 7.48. The second-order valence-corrected chi connectivity index (χ2v) is 1.95. The Balaban J connectivity index is 3.12. The molecule has 0 aliphatic heterocycles. The molecule has 0 aliphatic rings. The van der Waals surface area contributed by atoms with Gasteiger partial charge in [-0.3, -0.25) is 4.98 Å². The van der Waals surface area contributed by atoms with Crippen LogP contribution >= 0.6 is 0 Å². The average molecular weight is 152 g/mol. The first-order chi connectivity index (χ1) is 5.25. The minimum atomic E-state index is -0.647. The van der Waals surface area contributed by atoms with Crippen molar-refractivity contribution in [1.82, 2.24) is 4.98 Å². The Morgan fingerprint density at radius 2 is 2.36 bits per heavy atom. The van der Waals surface area contributed by atoms with Gasteiger partial charge >= 0.3 is 0 Å². The van der Waals surface area contributed by atoms with Crippen molar-refractivity contribution in [3.63, 3.8) is 0 Å². The highest BCUT2D eigenvalue weighted by Crippen LogP contribution is 2.17. The molecule has 0 radical (unpaired) electrons. The minimum Gasteiger partial charge on any atom is -0.506 e. The third-order valence-corrected chi connectivity index (χ3v) is 1.24. The summed E-state index contributed by atoms with van der Waals surface area (Å²) in [7, 11) is 0. The summed E-state index contributed by atoms with van der Waals surface area (Å²) in [6.45, 7) is 0. The number of nitriles is 1. The van der Waals surface area contributed by atoms with Crippen molar-refractivity contribution in [3.8, 4) is 11.8 Å². The molecular weight excluding hydrogens is 147 g/mol. The molecular formula is C7H5FN2O. The fourth-order valence-electron chi connectivity index (χ4n) is 0.706. The van der Waals surface area contributed by atoms with Crippen LogP contribution in [0.5, 0.6) is 5.75 Å². The van der Waals surface area contributed by atoms with Gasteiger partial charge in [-0.05, 0) is 0 Å². The highest BCUT2D eigenvalue weighted by molar-refractivity contribution is 5.31. The van der Waals surface area contributed by atoms with Crippen molar-refractivity contribution in [2.75, 3.05) is 0 Å². The molecule has 0 aliphatic carbocycles. The molecule has 1 heterocycles. The number of rotatable bonds is 1. The molecule has 1 rings (SSSR count). The van der Waals surface area contributed by atoms with Gasteiger partial charge in [-0.25, -0.2) is 4.39 Å². The monoisotopic (exact) mass is 152 g/mol. The van der Waals surface area contributed by atoms with Gasteiger partial charge in [0.25, 0.3) is 0 Å². The van der Waals surface area contributed by atoms with Crippen molar-refractivity contribution >= 4 is 0 Å². The molecule has 56 valence electrons. The lowest BCUT2D eigenvalue weighted by Gasteiger charge is -1.98. The Hall–Kier alpha value is -1.63. The van der Waals surface area contributed by atoms with Gasteiger partial charge in [0.2, 0.25) is 0 Å². The molecule has 11 heavy (non-hydrogen) atoms. The van der Waals surface area contributed by atoms with E-state index in [9.17, 15) is 4.39 Å². The van der Waals surface area contributed by atoms with E-state index < -0.39 is 5.82 Å². The Morgan fingerprint density at radius 1 is 1.64 bits per heavy atom. The predicted molar refractivity (Wildman–Crippen MR) is 35.2 cm³/mol. The molecule has 1 aromatic rings. The maximum Gasteiger partial charge on any atom is 0.149 e. The van der Waals surface area contributed by atoms with E-state index in [1.165, 1.54) is 0 Å². The fraction of sp³-hybridized carbons (Fsp3) is 0.143. The highest BCUT2D eigenvalue weighted by Gasteiger charge is 2.06. The zero-order chi connectivity index (χ0) is 8.27. The molecule has 0 amide bonds. The molecule has 0 bridgehead atoms. The Morgan fingerprint density at radius 3 is 2.91 bits per heavy atom. The molecule has 0 spiro atoms. The number of pyridine rings is 1. The molecule has 0 unspecified atom stereocenters. The van der Waals surface area contributed by atoms with Gasteiger partial charge in [-0.2, -0.15) is 5.26 Å². The molecule has 1 N–H and O–H groups in total. The van der Waals surface area contributed by atoms with Gasteiger partial charge in [0.1, 0.15) is 11.6 Å². The normalized spacial score (nSPS) is 9.09. The van der Waals surface area contributed by atoms with E-state index in [-0.39, 0.29) is 17.7 Å². The van der Waals surface area contributed by atoms with Gasteiger partial charge in [0, 0.05) is 5.56 Å². The van der Waals surface area contributed by atoms with Crippen LogP contribution in [-0.2, 0) is 6.42 Å². The van der Waals surface area contributed by atoms with Crippen molar-refractivity contribution < 1.29 is 9.50 Å². The molecule has 0 atom stereocenters. The molecule has 0 saturated carbocycles. The van der Waals surface area contributed by atoms with Crippen LogP contribution in [0.4, 0.5) is 4.39 Å². The van der Waals surface area contributed by atoms with Crippen molar-refractivity contribution in [1.29, 1.82) is 5.26 Å². The average Bonchev–Trinajstić information content (AvgIpc) is 1.97. The lowest BCUT2D eigenvalue weighted by atomic mass is 10.2. The van der Waals surface area contributed by atoms with E-state index >= 15 is 0 Å². The molecule has 0 saturated heterocycles. The minimum absolute atomic E-state index is 0.00231. The van der Waals surface area contributed by atoms with Crippen LogP contribution in [0.3, 0.4) is 0 Å². The summed E-state index contributed by atoms with van der Waals surface area (Å²) >= 11 is 0. The summed E-state index contributed by atoms with van der Waals surface area (Å²) in [4.78, 5) is 3.39. The summed E-state index contributed by atoms with van der Waals surface area (Å²) in [5, 5.41) is 17.2. The maximum absolute atomic E-state index is 12.7. The van der Waals surface area contributed by atoms with E-state index in [1.54, 1.807) is 6.07 Å². The Kier molecular flexibility index (Phi) is 2.02. The van der Waals surface area contributed by atoms with Gasteiger partial charge in [-0.15, -0.1) is 0 Å². The van der Waals surface area contributed by atoms with Crippen molar-refractivity contribution in [3.05, 3.63) is 23.8 Å². The largest absolute Gasteiger partial charge is 0.506 e. The Bertz CT molecular complexity index is 286. The van der Waals surface area contributed by atoms with Crippen LogP contribution in [0.1, 0.15) is 5.56 Å². The smallest absolute Gasteiger partial charge is 0.149 e. The zero-order valence-corrected chi connectivity index (χ0v) is 5.58. The second kappa shape index (κ2) is 2.97. The van der Waals surface area contributed by atoms with E-state index in [0.717, 1.165) is 12.4 Å². The molecule has 4 heteroatoms. The van der Waals surface area contributed by atoms with Gasteiger partial charge < -0.3 is 5.11 Å². The van der Waals surface area contributed by atoms with E-state index in [1.807, 2.05) is 0 Å². The van der Waals surface area contributed by atoms with E-state index in [4.69, 9.17) is 10.4 Å². The SMILES string of the molecule is N#CCc1c(O)cncc1F. The number of aromatic hydroxyl groups is 1. The van der Waals surface area contributed by atoms with Crippen molar-refractivity contribution in [2.24, 2.45) is 0 Å². The van der Waals surface area contributed by atoms with Gasteiger partial charge in [0.05, 0.1) is 24.9 Å². The van der Waals surface area contributed by atoms with E-state index in [0.29, 0.717) is 0 Å². The molecule has 0 aromatic carbocycles. The second-order valence-electron chi connectivity index (χ2n) is 1.95. The number of hydrogen-bond acceptors (Lipinski definition) is 3. The standard InChI is InChI=1S/C7H5FN2O/c8-6-3-10-4-7(11)5(6)1-2-9/h3-4,11H,1H2. The number of hydrogen-bond donors (Lipinski definition) is 1. The quantitative estimate of drug-likeness (QED) is 0.652. The molecule has 3 nitrogen and oxygen atoms in total. The molecule has 1 aromatic heterocycles. The third kappa shape index (κ3) is 1.44. The summed E-state index contributed by atoms with van der Waals surface area (Å²) in [5.74, 6) is -0.918. The zero-order valence-electron chi connectivity index (χ0n) is 5.58. The van der Waals surface area contributed by atoms with Crippen LogP contribution in [0.15, 0.2) is 12.4 Å². The first-order valence-electron chi connectivity index (χ1n) is 2.94. The Labute approximate surface area is 62.7 Å². The number of aromatic nitrogens is 1. The summed E-state index contributed by atoms with van der Waals surface area (Å²) in [5.41, 5.74) is 0.00231. The van der Waals surface area contributed by atoms with Crippen LogP contribution < -0.4 is 0 Å². The summed E-state index contributed by atoms with van der Waals surface area (Å²) in [6, 6.07) is 1.74. The predicted octanol–water partition coefficient (Wildman–Crippen LogP) is 0.992. The lowest BCUT2D eigenvalue weighted by Crippen LogP contribution is -1.90. The number of nitrogens with zero attached hydrogens (tertiary/aromatic N) is 2. The third-order valence-electron chi connectivity index (χ3n) is 1.24. The van der Waals surface area contributed by atoms with Crippen LogP contribution in [-0.4, -0.2) is 10.1 Å². The highest BCUT2D eigenvalue weighted by atomic mass is 19.1. The number of halogens is 1. The van der Waals surface area contributed by atoms with Gasteiger partial charge in [-0.1, -0.05) is 0 Å². The summed E-state index contributed by atoms with van der Waals surface area (Å²) in [6.07, 6.45) is 1.93. The topological polar surface area (TPSA) is 56.9 Å². The fourth-order valence-corrected chi connectivity index (χ4v) is 0.706. The maximum atomic E-state index is 12.7. The van der Waals surface area contributed by atoms with E-state index in [2.05, 4.69) is 4.98 Å². The first-order valence-corrected chi connectivity index (χ1v) is 2.94. The van der Waals surface area contributed by atoms with Crippen LogP contribution in [0.25, 0.3) is 0 Å². The van der Waals surface area contributed by atoms with Crippen LogP contribution in [0.2, 0.25) is 0 Å². The van der Waals surface area contributed by atoms with Crippen molar-refractivity contribution in [2.45, 2.75) is 6.42 Å². The molecule has 0 fully saturated rings. The van der Waals surface area contributed by atoms with Gasteiger partial charge in [0.15, 0.2) is 0 Å². The van der Waals surface area contributed by atoms with Crippen LogP contribution in [0, 0.1) is 17.1 Å². The summed E-state index contributed by atoms with van der Waals surface area (Å²) < 4.78 is 12.7.